The Kier molecular flexibility index (Phi) is 4.78. The summed E-state index contributed by atoms with van der Waals surface area (Å²) in [6.45, 7) is 6.10. The van der Waals surface area contributed by atoms with E-state index in [0.717, 1.165) is 56.8 Å². The van der Waals surface area contributed by atoms with Gasteiger partial charge in [0, 0.05) is 37.8 Å². The SMILES string of the molecule is C[C@H](O)c1cc2n(n1)CCN(C1CCN(C(=O)c3ccccc3)CC1)C2. The fourth-order valence-electron chi connectivity index (χ4n) is 4.02. The van der Waals surface area contributed by atoms with Crippen molar-refractivity contribution in [1.29, 1.82) is 0 Å². The maximum absolute atomic E-state index is 12.6. The van der Waals surface area contributed by atoms with E-state index in [9.17, 15) is 9.90 Å². The van der Waals surface area contributed by atoms with E-state index >= 15 is 0 Å². The van der Waals surface area contributed by atoms with Gasteiger partial charge in [-0.3, -0.25) is 14.4 Å². The number of aliphatic hydroxyl groups is 1. The number of hydrogen-bond donors (Lipinski definition) is 1. The summed E-state index contributed by atoms with van der Waals surface area (Å²) in [5, 5.41) is 14.2. The summed E-state index contributed by atoms with van der Waals surface area (Å²) < 4.78 is 2.02. The zero-order valence-electron chi connectivity index (χ0n) is 15.2. The quantitative estimate of drug-likeness (QED) is 0.916. The lowest BCUT2D eigenvalue weighted by molar-refractivity contribution is 0.0569. The molecule has 1 amide bonds. The first kappa shape index (κ1) is 17.2. The van der Waals surface area contributed by atoms with Gasteiger partial charge in [-0.2, -0.15) is 5.10 Å². The number of piperidine rings is 1. The first-order valence-corrected chi connectivity index (χ1v) is 9.45. The van der Waals surface area contributed by atoms with Gasteiger partial charge in [0.05, 0.1) is 24.0 Å². The molecule has 0 unspecified atom stereocenters. The Hall–Kier alpha value is -2.18. The zero-order chi connectivity index (χ0) is 18.1. The minimum absolute atomic E-state index is 0.141. The van der Waals surface area contributed by atoms with E-state index in [2.05, 4.69) is 10.00 Å². The molecule has 0 aliphatic carbocycles. The van der Waals surface area contributed by atoms with E-state index in [1.54, 1.807) is 6.92 Å². The topological polar surface area (TPSA) is 61.6 Å². The van der Waals surface area contributed by atoms with Gasteiger partial charge in [0.1, 0.15) is 0 Å². The predicted octanol–water partition coefficient (Wildman–Crippen LogP) is 2.06. The number of hydrogen-bond acceptors (Lipinski definition) is 4. The van der Waals surface area contributed by atoms with Gasteiger partial charge in [0.25, 0.3) is 5.91 Å². The van der Waals surface area contributed by atoms with Gasteiger partial charge < -0.3 is 10.0 Å². The van der Waals surface area contributed by atoms with Crippen molar-refractivity contribution in [2.24, 2.45) is 0 Å². The van der Waals surface area contributed by atoms with Crippen LogP contribution < -0.4 is 0 Å². The number of carbonyl (C=O) groups excluding carboxylic acids is 1. The Morgan fingerprint density at radius 1 is 1.15 bits per heavy atom. The number of carbonyl (C=O) groups is 1. The summed E-state index contributed by atoms with van der Waals surface area (Å²) in [4.78, 5) is 17.1. The first-order valence-electron chi connectivity index (χ1n) is 9.45. The highest BCUT2D eigenvalue weighted by Gasteiger charge is 2.30. The molecule has 26 heavy (non-hydrogen) atoms. The third-order valence-electron chi connectivity index (χ3n) is 5.56. The standard InChI is InChI=1S/C20H26N4O2/c1-15(25)19-13-18-14-23(11-12-24(18)21-19)17-7-9-22(10-8-17)20(26)16-5-3-2-4-6-16/h2-6,13,15,17,25H,7-12,14H2,1H3/t15-/m0/s1. The second-order valence-electron chi connectivity index (χ2n) is 7.32. The minimum Gasteiger partial charge on any atom is -0.387 e. The van der Waals surface area contributed by atoms with Crippen molar-refractivity contribution >= 4 is 5.91 Å². The molecule has 0 spiro atoms. The van der Waals surface area contributed by atoms with E-state index in [4.69, 9.17) is 0 Å². The van der Waals surface area contributed by atoms with Crippen molar-refractivity contribution in [3.05, 3.63) is 53.3 Å². The monoisotopic (exact) mass is 354 g/mol. The summed E-state index contributed by atoms with van der Waals surface area (Å²) in [7, 11) is 0. The van der Waals surface area contributed by atoms with Gasteiger partial charge in [-0.25, -0.2) is 0 Å². The molecule has 0 bridgehead atoms. The number of rotatable bonds is 3. The van der Waals surface area contributed by atoms with E-state index in [0.29, 0.717) is 6.04 Å². The molecule has 1 saturated heterocycles. The molecule has 0 saturated carbocycles. The van der Waals surface area contributed by atoms with Crippen LogP contribution in [0.4, 0.5) is 0 Å². The molecular weight excluding hydrogens is 328 g/mol. The van der Waals surface area contributed by atoms with Crippen LogP contribution in [0.3, 0.4) is 0 Å². The van der Waals surface area contributed by atoms with E-state index in [1.807, 2.05) is 46.0 Å². The Labute approximate surface area is 154 Å². The molecule has 6 heteroatoms. The average molecular weight is 354 g/mol. The van der Waals surface area contributed by atoms with Crippen LogP contribution >= 0.6 is 0 Å². The third-order valence-corrected chi connectivity index (χ3v) is 5.56. The Bertz CT molecular complexity index is 763. The predicted molar refractivity (Wildman–Crippen MR) is 98.6 cm³/mol. The molecule has 1 aromatic heterocycles. The second-order valence-corrected chi connectivity index (χ2v) is 7.32. The van der Waals surface area contributed by atoms with Crippen LogP contribution in [0.25, 0.3) is 0 Å². The van der Waals surface area contributed by atoms with Crippen LogP contribution in [-0.2, 0) is 13.1 Å². The molecule has 2 aromatic rings. The van der Waals surface area contributed by atoms with Crippen molar-refractivity contribution in [2.45, 2.75) is 45.0 Å². The molecule has 2 aliphatic rings. The van der Waals surface area contributed by atoms with Gasteiger partial charge in [0.2, 0.25) is 0 Å². The Morgan fingerprint density at radius 2 is 1.88 bits per heavy atom. The van der Waals surface area contributed by atoms with Gasteiger partial charge in [-0.05, 0) is 38.0 Å². The Balaban J connectivity index is 1.36. The van der Waals surface area contributed by atoms with Crippen LogP contribution in [0, 0.1) is 0 Å². The number of benzene rings is 1. The molecular formula is C20H26N4O2. The van der Waals surface area contributed by atoms with E-state index < -0.39 is 6.10 Å². The number of fused-ring (bicyclic) bond motifs is 1. The molecule has 4 rings (SSSR count). The van der Waals surface area contributed by atoms with Crippen LogP contribution in [0.15, 0.2) is 36.4 Å². The van der Waals surface area contributed by atoms with Gasteiger partial charge in [-0.15, -0.1) is 0 Å². The number of aliphatic hydroxyl groups excluding tert-OH is 1. The fourth-order valence-corrected chi connectivity index (χ4v) is 4.02. The van der Waals surface area contributed by atoms with E-state index in [1.165, 1.54) is 5.69 Å². The molecule has 6 nitrogen and oxygen atoms in total. The summed E-state index contributed by atoms with van der Waals surface area (Å²) >= 11 is 0. The molecule has 138 valence electrons. The Morgan fingerprint density at radius 3 is 2.58 bits per heavy atom. The average Bonchev–Trinajstić information content (AvgIpc) is 3.12. The van der Waals surface area contributed by atoms with Gasteiger partial charge >= 0.3 is 0 Å². The van der Waals surface area contributed by atoms with Crippen molar-refractivity contribution < 1.29 is 9.90 Å². The van der Waals surface area contributed by atoms with Crippen molar-refractivity contribution in [2.75, 3.05) is 19.6 Å². The highest BCUT2D eigenvalue weighted by Crippen LogP contribution is 2.24. The van der Waals surface area contributed by atoms with Crippen LogP contribution in [0.1, 0.15) is 47.6 Å². The highest BCUT2D eigenvalue weighted by atomic mass is 16.3. The highest BCUT2D eigenvalue weighted by molar-refractivity contribution is 5.94. The molecule has 1 atom stereocenters. The number of amides is 1. The smallest absolute Gasteiger partial charge is 0.253 e. The van der Waals surface area contributed by atoms with E-state index in [-0.39, 0.29) is 5.91 Å². The first-order chi connectivity index (χ1) is 12.6. The van der Waals surface area contributed by atoms with Crippen LogP contribution in [0.5, 0.6) is 0 Å². The van der Waals surface area contributed by atoms with Crippen LogP contribution in [-0.4, -0.2) is 56.3 Å². The normalized spacial score (nSPS) is 20.0. The molecule has 2 aliphatic heterocycles. The second kappa shape index (κ2) is 7.21. The third kappa shape index (κ3) is 3.39. The largest absolute Gasteiger partial charge is 0.387 e. The summed E-state index contributed by atoms with van der Waals surface area (Å²) in [6.07, 6.45) is 1.50. The lowest BCUT2D eigenvalue weighted by atomic mass is 10.0. The van der Waals surface area contributed by atoms with Crippen molar-refractivity contribution in [3.8, 4) is 0 Å². The number of likely N-dealkylation sites (tertiary alicyclic amines) is 1. The lowest BCUT2D eigenvalue weighted by Gasteiger charge is -2.40. The fraction of sp³-hybridized carbons (Fsp3) is 0.500. The van der Waals surface area contributed by atoms with Crippen molar-refractivity contribution in [1.82, 2.24) is 19.6 Å². The molecule has 0 radical (unpaired) electrons. The number of aromatic nitrogens is 2. The summed E-state index contributed by atoms with van der Waals surface area (Å²) in [6, 6.07) is 12.1. The zero-order valence-corrected chi connectivity index (χ0v) is 15.2. The molecule has 1 aromatic carbocycles. The van der Waals surface area contributed by atoms with Gasteiger partial charge in [-0.1, -0.05) is 18.2 Å². The number of nitrogens with zero attached hydrogens (tertiary/aromatic N) is 4. The summed E-state index contributed by atoms with van der Waals surface area (Å²) in [5.74, 6) is 0.141. The van der Waals surface area contributed by atoms with Crippen molar-refractivity contribution in [3.63, 3.8) is 0 Å². The molecule has 3 heterocycles. The minimum atomic E-state index is -0.520. The molecule has 1 N–H and O–H groups in total. The molecule has 1 fully saturated rings. The van der Waals surface area contributed by atoms with Crippen LogP contribution in [0.2, 0.25) is 0 Å². The maximum atomic E-state index is 12.6. The van der Waals surface area contributed by atoms with Gasteiger partial charge in [0.15, 0.2) is 0 Å². The summed E-state index contributed by atoms with van der Waals surface area (Å²) in [5.41, 5.74) is 2.71. The lowest BCUT2D eigenvalue weighted by Crippen LogP contribution is -2.48. The maximum Gasteiger partial charge on any atom is 0.253 e.